The lowest BCUT2D eigenvalue weighted by molar-refractivity contribution is -0.145. The van der Waals surface area contributed by atoms with Gasteiger partial charge in [0.15, 0.2) is 0 Å². The molecule has 6 heteroatoms. The molecule has 25 heavy (non-hydrogen) atoms. The van der Waals surface area contributed by atoms with Gasteiger partial charge in [-0.05, 0) is 25.8 Å². The van der Waals surface area contributed by atoms with E-state index in [1.807, 2.05) is 4.40 Å². The Bertz CT molecular complexity index is 887. The van der Waals surface area contributed by atoms with E-state index >= 15 is 0 Å². The fraction of sp³-hybridized carbons (Fsp3) is 0.526. The smallest absolute Gasteiger partial charge is 0.313 e. The number of carboxylic acid groups (broad SMARTS) is 1. The van der Waals surface area contributed by atoms with Crippen LogP contribution in [0, 0.1) is 5.41 Å². The largest absolute Gasteiger partial charge is 0.481 e. The van der Waals surface area contributed by atoms with Crippen molar-refractivity contribution < 1.29 is 9.90 Å². The molecule has 6 nitrogen and oxygen atoms in total. The third kappa shape index (κ3) is 2.90. The molecule has 1 unspecified atom stereocenters. The molecule has 0 aliphatic heterocycles. The third-order valence-corrected chi connectivity index (χ3v) is 5.13. The number of fused-ring (bicyclic) bond motifs is 3. The molecule has 2 aromatic heterocycles. The summed E-state index contributed by atoms with van der Waals surface area (Å²) in [6, 6.07) is 0. The molecule has 0 radical (unpaired) electrons. The van der Waals surface area contributed by atoms with Gasteiger partial charge in [-0.1, -0.05) is 32.8 Å². The molecule has 0 spiro atoms. The molecule has 0 bridgehead atoms. The summed E-state index contributed by atoms with van der Waals surface area (Å²) in [5.41, 5.74) is 0.834. The molecular weight excluding hydrogens is 318 g/mol. The maximum atomic E-state index is 12.4. The fourth-order valence-electron chi connectivity index (χ4n) is 3.71. The molecule has 2 aromatic rings. The molecule has 0 saturated heterocycles. The minimum absolute atomic E-state index is 0.187. The van der Waals surface area contributed by atoms with Gasteiger partial charge in [-0.15, -0.1) is 0 Å². The van der Waals surface area contributed by atoms with Crippen LogP contribution in [-0.2, 0) is 11.2 Å². The van der Waals surface area contributed by atoms with Gasteiger partial charge in [0, 0.05) is 18.0 Å². The van der Waals surface area contributed by atoms with Gasteiger partial charge in [0.2, 0.25) is 0 Å². The third-order valence-electron chi connectivity index (χ3n) is 5.13. The molecule has 3 rings (SSSR count). The van der Waals surface area contributed by atoms with E-state index < -0.39 is 11.4 Å². The van der Waals surface area contributed by atoms with Gasteiger partial charge in [-0.2, -0.15) is 0 Å². The summed E-state index contributed by atoms with van der Waals surface area (Å²) < 4.78 is 1.91. The number of H-pyrrole nitrogens is 1. The molecule has 1 aliphatic rings. The SMILES string of the molecule is CCCC(CCC)c1ncc2c(=O)[nH]c3c(n12)CC(C)(C(=O)O)C=C3. The number of nitrogens with one attached hydrogen (secondary N) is 1. The number of rotatable bonds is 6. The molecule has 1 atom stereocenters. The van der Waals surface area contributed by atoms with Crippen molar-refractivity contribution >= 4 is 17.6 Å². The van der Waals surface area contributed by atoms with Gasteiger partial charge in [0.05, 0.1) is 17.3 Å². The normalized spacial score (nSPS) is 19.5. The highest BCUT2D eigenvalue weighted by Crippen LogP contribution is 2.34. The topological polar surface area (TPSA) is 87.5 Å². The van der Waals surface area contributed by atoms with Crippen molar-refractivity contribution in [2.24, 2.45) is 5.41 Å². The first-order valence-corrected chi connectivity index (χ1v) is 8.96. The van der Waals surface area contributed by atoms with E-state index in [0.29, 0.717) is 17.6 Å². The molecule has 134 valence electrons. The van der Waals surface area contributed by atoms with E-state index in [9.17, 15) is 14.7 Å². The Morgan fingerprint density at radius 3 is 2.68 bits per heavy atom. The summed E-state index contributed by atoms with van der Waals surface area (Å²) in [7, 11) is 0. The number of hydrogen-bond donors (Lipinski definition) is 2. The predicted octanol–water partition coefficient (Wildman–Crippen LogP) is 3.37. The number of aromatic amines is 1. The Hall–Kier alpha value is -2.37. The summed E-state index contributed by atoms with van der Waals surface area (Å²) >= 11 is 0. The minimum atomic E-state index is -0.981. The first kappa shape index (κ1) is 17.5. The molecule has 0 aromatic carbocycles. The fourth-order valence-corrected chi connectivity index (χ4v) is 3.71. The Kier molecular flexibility index (Phi) is 4.54. The zero-order valence-electron chi connectivity index (χ0n) is 15.0. The lowest BCUT2D eigenvalue weighted by atomic mass is 9.81. The molecule has 1 aliphatic carbocycles. The second kappa shape index (κ2) is 6.50. The highest BCUT2D eigenvalue weighted by molar-refractivity contribution is 5.80. The Morgan fingerprint density at radius 2 is 2.08 bits per heavy atom. The average molecular weight is 343 g/mol. The average Bonchev–Trinajstić information content (AvgIpc) is 3.01. The van der Waals surface area contributed by atoms with Crippen molar-refractivity contribution in [2.45, 2.75) is 58.8 Å². The van der Waals surface area contributed by atoms with Crippen molar-refractivity contribution in [3.8, 4) is 0 Å². The Morgan fingerprint density at radius 1 is 1.40 bits per heavy atom. The quantitative estimate of drug-likeness (QED) is 0.842. The number of imidazole rings is 1. The van der Waals surface area contributed by atoms with Gasteiger partial charge in [-0.3, -0.25) is 14.0 Å². The number of aromatic nitrogens is 3. The van der Waals surface area contributed by atoms with E-state index in [1.165, 1.54) is 0 Å². The van der Waals surface area contributed by atoms with Crippen LogP contribution in [0.3, 0.4) is 0 Å². The van der Waals surface area contributed by atoms with Crippen molar-refractivity contribution in [1.82, 2.24) is 14.4 Å². The van der Waals surface area contributed by atoms with Gasteiger partial charge in [-0.25, -0.2) is 4.98 Å². The van der Waals surface area contributed by atoms with Crippen molar-refractivity contribution in [1.29, 1.82) is 0 Å². The van der Waals surface area contributed by atoms with Crippen LogP contribution in [0.15, 0.2) is 17.1 Å². The van der Waals surface area contributed by atoms with E-state index in [4.69, 9.17) is 0 Å². The lowest BCUT2D eigenvalue weighted by Crippen LogP contribution is -2.32. The standard InChI is InChI=1S/C19H25N3O3/c1-4-6-12(7-5-2)16-20-11-15-17(23)21-13-8-9-19(3,18(24)25)10-14(13)22(15)16/h8-9,11-12H,4-7,10H2,1-3H3,(H,21,23)(H,24,25). The highest BCUT2D eigenvalue weighted by Gasteiger charge is 2.36. The Labute approximate surface area is 146 Å². The van der Waals surface area contributed by atoms with Crippen LogP contribution in [0.25, 0.3) is 11.6 Å². The molecule has 0 saturated carbocycles. The minimum Gasteiger partial charge on any atom is -0.481 e. The predicted molar refractivity (Wildman–Crippen MR) is 96.9 cm³/mol. The van der Waals surface area contributed by atoms with Gasteiger partial charge in [0.1, 0.15) is 11.3 Å². The number of hydrogen-bond acceptors (Lipinski definition) is 3. The van der Waals surface area contributed by atoms with Crippen molar-refractivity contribution in [3.05, 3.63) is 39.8 Å². The number of carboxylic acids is 1. The van der Waals surface area contributed by atoms with Crippen molar-refractivity contribution in [3.63, 3.8) is 0 Å². The van der Waals surface area contributed by atoms with Crippen LogP contribution in [0.2, 0.25) is 0 Å². The summed E-state index contributed by atoms with van der Waals surface area (Å²) in [5, 5.41) is 9.60. The van der Waals surface area contributed by atoms with Gasteiger partial charge >= 0.3 is 5.97 Å². The molecular formula is C19H25N3O3. The maximum absolute atomic E-state index is 12.4. The summed E-state index contributed by atoms with van der Waals surface area (Å²) in [5.74, 6) is 0.281. The Balaban J connectivity index is 2.24. The second-order valence-electron chi connectivity index (χ2n) is 7.16. The molecule has 2 N–H and O–H groups in total. The molecule has 0 amide bonds. The molecule has 0 fully saturated rings. The maximum Gasteiger partial charge on any atom is 0.313 e. The van der Waals surface area contributed by atoms with Crippen LogP contribution >= 0.6 is 0 Å². The van der Waals surface area contributed by atoms with E-state index in [0.717, 1.165) is 37.2 Å². The monoisotopic (exact) mass is 343 g/mol. The van der Waals surface area contributed by atoms with E-state index in [-0.39, 0.29) is 11.5 Å². The summed E-state index contributed by atoms with van der Waals surface area (Å²) in [4.78, 5) is 31.6. The van der Waals surface area contributed by atoms with Crippen LogP contribution in [-0.4, -0.2) is 25.4 Å². The first-order chi connectivity index (χ1) is 11.9. The first-order valence-electron chi connectivity index (χ1n) is 8.96. The van der Waals surface area contributed by atoms with Crippen LogP contribution in [0.1, 0.15) is 69.6 Å². The number of aliphatic carboxylic acids is 1. The number of nitrogens with zero attached hydrogens (tertiary/aromatic N) is 2. The number of carbonyl (C=O) groups is 1. The van der Waals surface area contributed by atoms with E-state index in [1.54, 1.807) is 25.3 Å². The second-order valence-corrected chi connectivity index (χ2v) is 7.16. The summed E-state index contributed by atoms with van der Waals surface area (Å²) in [6.45, 7) is 5.99. The van der Waals surface area contributed by atoms with Crippen molar-refractivity contribution in [2.75, 3.05) is 0 Å². The van der Waals surface area contributed by atoms with Gasteiger partial charge in [0.25, 0.3) is 5.56 Å². The highest BCUT2D eigenvalue weighted by atomic mass is 16.4. The summed E-state index contributed by atoms with van der Waals surface area (Å²) in [6.07, 6.45) is 9.40. The zero-order valence-corrected chi connectivity index (χ0v) is 15.0. The molecule has 2 heterocycles. The zero-order chi connectivity index (χ0) is 18.2. The lowest BCUT2D eigenvalue weighted by Gasteiger charge is -2.27. The van der Waals surface area contributed by atoms with Gasteiger partial charge < -0.3 is 10.1 Å². The van der Waals surface area contributed by atoms with Crippen LogP contribution < -0.4 is 5.56 Å². The van der Waals surface area contributed by atoms with E-state index in [2.05, 4.69) is 23.8 Å². The van der Waals surface area contributed by atoms with Crippen LogP contribution in [0.5, 0.6) is 0 Å². The van der Waals surface area contributed by atoms with Crippen LogP contribution in [0.4, 0.5) is 0 Å².